The highest BCUT2D eigenvalue weighted by molar-refractivity contribution is 6.20. The van der Waals surface area contributed by atoms with Crippen molar-refractivity contribution in [1.82, 2.24) is 9.97 Å². The molecule has 1 aromatic rings. The summed E-state index contributed by atoms with van der Waals surface area (Å²) in [6, 6.07) is 1.87. The molecule has 3 unspecified atom stereocenters. The Hall–Kier alpha value is -0.830. The standard InChI is InChI=1S/C13H19ClN2O/c1-9-4-3-5-11(9)12(14)6-10-7-13(17-2)16-8-15-10/h7-9,11-12H,3-6H2,1-2H3. The Labute approximate surface area is 108 Å². The number of rotatable bonds is 4. The predicted molar refractivity (Wildman–Crippen MR) is 68.4 cm³/mol. The zero-order chi connectivity index (χ0) is 12.3. The van der Waals surface area contributed by atoms with Crippen LogP contribution in [0.15, 0.2) is 12.4 Å². The van der Waals surface area contributed by atoms with Crippen molar-refractivity contribution in [3.8, 4) is 5.88 Å². The monoisotopic (exact) mass is 254 g/mol. The Balaban J connectivity index is 1.99. The lowest BCUT2D eigenvalue weighted by Gasteiger charge is -2.21. The van der Waals surface area contributed by atoms with E-state index in [9.17, 15) is 0 Å². The molecule has 0 radical (unpaired) electrons. The van der Waals surface area contributed by atoms with Gasteiger partial charge in [0.1, 0.15) is 6.33 Å². The van der Waals surface area contributed by atoms with Crippen molar-refractivity contribution in [1.29, 1.82) is 0 Å². The third-order valence-corrected chi connectivity index (χ3v) is 4.18. The summed E-state index contributed by atoms with van der Waals surface area (Å²) in [5, 5.41) is 0.173. The highest BCUT2D eigenvalue weighted by Gasteiger charge is 2.29. The van der Waals surface area contributed by atoms with Crippen LogP contribution in [-0.2, 0) is 6.42 Å². The van der Waals surface area contributed by atoms with Gasteiger partial charge < -0.3 is 4.74 Å². The van der Waals surface area contributed by atoms with Crippen molar-refractivity contribution in [2.75, 3.05) is 7.11 Å². The molecule has 3 atom stereocenters. The molecule has 94 valence electrons. The molecule has 4 heteroatoms. The predicted octanol–water partition coefficient (Wildman–Crippen LogP) is 3.07. The van der Waals surface area contributed by atoms with Crippen LogP contribution in [0.4, 0.5) is 0 Å². The number of methoxy groups -OCH3 is 1. The highest BCUT2D eigenvalue weighted by atomic mass is 35.5. The maximum atomic E-state index is 6.51. The van der Waals surface area contributed by atoms with E-state index in [1.165, 1.54) is 25.6 Å². The van der Waals surface area contributed by atoms with Crippen LogP contribution < -0.4 is 4.74 Å². The fourth-order valence-electron chi connectivity index (χ4n) is 2.66. The number of hydrogen-bond donors (Lipinski definition) is 0. The average Bonchev–Trinajstić information content (AvgIpc) is 2.76. The summed E-state index contributed by atoms with van der Waals surface area (Å²) >= 11 is 6.51. The zero-order valence-corrected chi connectivity index (χ0v) is 11.2. The minimum absolute atomic E-state index is 0.173. The first-order valence-electron chi connectivity index (χ1n) is 6.19. The van der Waals surface area contributed by atoms with Crippen molar-refractivity contribution in [3.63, 3.8) is 0 Å². The molecule has 1 saturated carbocycles. The van der Waals surface area contributed by atoms with Crippen LogP contribution in [-0.4, -0.2) is 22.5 Å². The van der Waals surface area contributed by atoms with Gasteiger partial charge in [0.05, 0.1) is 7.11 Å². The molecule has 0 amide bonds. The second-order valence-electron chi connectivity index (χ2n) is 4.84. The van der Waals surface area contributed by atoms with Crippen LogP contribution in [0.1, 0.15) is 31.9 Å². The third kappa shape index (κ3) is 3.09. The molecule has 0 N–H and O–H groups in total. The first-order chi connectivity index (χ1) is 8.20. The summed E-state index contributed by atoms with van der Waals surface area (Å²) < 4.78 is 5.09. The molecule has 0 aliphatic heterocycles. The van der Waals surface area contributed by atoms with Gasteiger partial charge in [-0.25, -0.2) is 9.97 Å². The summed E-state index contributed by atoms with van der Waals surface area (Å²) in [7, 11) is 1.61. The molecule has 0 saturated heterocycles. The van der Waals surface area contributed by atoms with Crippen molar-refractivity contribution < 1.29 is 4.74 Å². The quantitative estimate of drug-likeness (QED) is 0.775. The first kappa shape index (κ1) is 12.6. The van der Waals surface area contributed by atoms with E-state index in [1.807, 2.05) is 6.07 Å². The number of hydrogen-bond acceptors (Lipinski definition) is 3. The van der Waals surface area contributed by atoms with Gasteiger partial charge in [0.2, 0.25) is 5.88 Å². The van der Waals surface area contributed by atoms with Crippen molar-refractivity contribution in [2.24, 2.45) is 11.8 Å². The van der Waals surface area contributed by atoms with E-state index >= 15 is 0 Å². The fraction of sp³-hybridized carbons (Fsp3) is 0.692. The Morgan fingerprint density at radius 2 is 2.29 bits per heavy atom. The lowest BCUT2D eigenvalue weighted by molar-refractivity contribution is 0.389. The second-order valence-corrected chi connectivity index (χ2v) is 5.40. The molecule has 1 aliphatic carbocycles. The van der Waals surface area contributed by atoms with Crippen LogP contribution in [0.3, 0.4) is 0 Å². The molecule has 3 nitrogen and oxygen atoms in total. The summed E-state index contributed by atoms with van der Waals surface area (Å²) in [4.78, 5) is 8.25. The van der Waals surface area contributed by atoms with E-state index < -0.39 is 0 Å². The van der Waals surface area contributed by atoms with Gasteiger partial charge in [-0.2, -0.15) is 0 Å². The molecule has 17 heavy (non-hydrogen) atoms. The Morgan fingerprint density at radius 3 is 2.94 bits per heavy atom. The Kier molecular flexibility index (Phi) is 4.21. The van der Waals surface area contributed by atoms with E-state index in [0.29, 0.717) is 11.8 Å². The van der Waals surface area contributed by atoms with Gasteiger partial charge in [-0.3, -0.25) is 0 Å². The normalized spacial score (nSPS) is 25.8. The summed E-state index contributed by atoms with van der Waals surface area (Å²) in [5.74, 6) is 1.97. The maximum Gasteiger partial charge on any atom is 0.216 e. The minimum atomic E-state index is 0.173. The van der Waals surface area contributed by atoms with Gasteiger partial charge in [0.25, 0.3) is 0 Å². The average molecular weight is 255 g/mol. The lowest BCUT2D eigenvalue weighted by atomic mass is 9.92. The van der Waals surface area contributed by atoms with Gasteiger partial charge in [-0.15, -0.1) is 11.6 Å². The number of aromatic nitrogens is 2. The molecule has 1 aliphatic rings. The van der Waals surface area contributed by atoms with Gasteiger partial charge in [0, 0.05) is 23.6 Å². The fourth-order valence-corrected chi connectivity index (χ4v) is 3.20. The van der Waals surface area contributed by atoms with Crippen molar-refractivity contribution >= 4 is 11.6 Å². The molecule has 0 spiro atoms. The Bertz CT molecular complexity index is 372. The molecule has 0 aromatic carbocycles. The van der Waals surface area contributed by atoms with Crippen molar-refractivity contribution in [2.45, 2.75) is 38.0 Å². The van der Waals surface area contributed by atoms with Gasteiger partial charge in [-0.1, -0.05) is 19.8 Å². The molecular formula is C13H19ClN2O. The van der Waals surface area contributed by atoms with E-state index in [2.05, 4.69) is 16.9 Å². The molecule has 1 aromatic heterocycles. The largest absolute Gasteiger partial charge is 0.481 e. The third-order valence-electron chi connectivity index (χ3n) is 3.70. The van der Waals surface area contributed by atoms with Gasteiger partial charge in [-0.05, 0) is 18.3 Å². The zero-order valence-electron chi connectivity index (χ0n) is 10.4. The van der Waals surface area contributed by atoms with Crippen molar-refractivity contribution in [3.05, 3.63) is 18.1 Å². The van der Waals surface area contributed by atoms with Crippen LogP contribution in [0.5, 0.6) is 5.88 Å². The van der Waals surface area contributed by atoms with E-state index in [-0.39, 0.29) is 5.38 Å². The molecule has 1 heterocycles. The maximum absolute atomic E-state index is 6.51. The van der Waals surface area contributed by atoms with E-state index in [4.69, 9.17) is 16.3 Å². The molecule has 2 rings (SSSR count). The van der Waals surface area contributed by atoms with Crippen LogP contribution in [0.2, 0.25) is 0 Å². The smallest absolute Gasteiger partial charge is 0.216 e. The summed E-state index contributed by atoms with van der Waals surface area (Å²) in [6.45, 7) is 2.30. The molecule has 0 bridgehead atoms. The van der Waals surface area contributed by atoms with Crippen LogP contribution in [0.25, 0.3) is 0 Å². The van der Waals surface area contributed by atoms with Crippen LogP contribution in [0, 0.1) is 11.8 Å². The summed E-state index contributed by atoms with van der Waals surface area (Å²) in [6.07, 6.45) is 6.20. The highest BCUT2D eigenvalue weighted by Crippen LogP contribution is 2.36. The molecular weight excluding hydrogens is 236 g/mol. The SMILES string of the molecule is COc1cc(CC(Cl)C2CCCC2C)ncn1. The number of nitrogens with zero attached hydrogens (tertiary/aromatic N) is 2. The lowest BCUT2D eigenvalue weighted by Crippen LogP contribution is -2.20. The molecule has 1 fully saturated rings. The number of ether oxygens (including phenoxy) is 1. The Morgan fingerprint density at radius 1 is 1.47 bits per heavy atom. The van der Waals surface area contributed by atoms with Gasteiger partial charge in [0.15, 0.2) is 0 Å². The van der Waals surface area contributed by atoms with E-state index in [0.717, 1.165) is 18.0 Å². The minimum Gasteiger partial charge on any atom is -0.481 e. The second kappa shape index (κ2) is 5.67. The van der Waals surface area contributed by atoms with Crippen LogP contribution >= 0.6 is 11.6 Å². The number of alkyl halides is 1. The van der Waals surface area contributed by atoms with E-state index in [1.54, 1.807) is 7.11 Å². The topological polar surface area (TPSA) is 35.0 Å². The number of halogens is 1. The first-order valence-corrected chi connectivity index (χ1v) is 6.63. The van der Waals surface area contributed by atoms with Gasteiger partial charge >= 0.3 is 0 Å². The summed E-state index contributed by atoms with van der Waals surface area (Å²) in [5.41, 5.74) is 0.968.